The zero-order valence-corrected chi connectivity index (χ0v) is 27.9. The molecule has 256 valence electrons. The molecule has 0 spiro atoms. The van der Waals surface area contributed by atoms with Crippen molar-refractivity contribution in [3.63, 3.8) is 0 Å². The summed E-state index contributed by atoms with van der Waals surface area (Å²) in [7, 11) is 0. The van der Waals surface area contributed by atoms with Crippen molar-refractivity contribution >= 4 is 44.8 Å². The van der Waals surface area contributed by atoms with Crippen molar-refractivity contribution in [1.82, 2.24) is 4.98 Å². The number of anilines is 1. The fraction of sp³-hybridized carbons (Fsp3) is 0.158. The molecule has 0 bridgehead atoms. The van der Waals surface area contributed by atoms with Crippen LogP contribution in [0.4, 0.5) is 5.13 Å². The molecular formula is C38H35N3O8S. The zero-order valence-electron chi connectivity index (χ0n) is 27.1. The second-order valence-corrected chi connectivity index (χ2v) is 11.4. The van der Waals surface area contributed by atoms with Crippen LogP contribution >= 0.6 is 11.3 Å². The highest BCUT2D eigenvalue weighted by atomic mass is 32.1. The predicted molar refractivity (Wildman–Crippen MR) is 192 cm³/mol. The summed E-state index contributed by atoms with van der Waals surface area (Å²) in [5.41, 5.74) is 5.91. The minimum atomic E-state index is -0.560. The molecule has 5 aromatic rings. The number of carbonyl (C=O) groups is 2. The summed E-state index contributed by atoms with van der Waals surface area (Å²) in [4.78, 5) is 30.3. The van der Waals surface area contributed by atoms with Crippen molar-refractivity contribution in [1.29, 1.82) is 0 Å². The van der Waals surface area contributed by atoms with Gasteiger partial charge in [-0.1, -0.05) is 41.7 Å². The smallest absolute Gasteiger partial charge is 0.343 e. The number of hydrogen-bond acceptors (Lipinski definition) is 12. The second-order valence-electron chi connectivity index (χ2n) is 10.4. The predicted octanol–water partition coefficient (Wildman–Crippen LogP) is 7.44. The van der Waals surface area contributed by atoms with Crippen LogP contribution in [0.25, 0.3) is 10.2 Å². The van der Waals surface area contributed by atoms with E-state index in [0.29, 0.717) is 58.7 Å². The SMILES string of the molecule is C=CCOCOc1ccc(C(=O)OCCc2ccc(OC(=O)c3ccc(OCOCC=C)cc3)c(/C=N/Nc3nc4ccccc4s3)c2)cc1. The molecule has 1 N–H and O–H groups in total. The fourth-order valence-electron chi connectivity index (χ4n) is 4.38. The molecule has 11 nitrogen and oxygen atoms in total. The average Bonchev–Trinajstić information content (AvgIpc) is 3.56. The van der Waals surface area contributed by atoms with Gasteiger partial charge >= 0.3 is 11.9 Å². The van der Waals surface area contributed by atoms with Crippen LogP contribution in [0.2, 0.25) is 0 Å². The minimum absolute atomic E-state index is 0.0603. The van der Waals surface area contributed by atoms with E-state index in [-0.39, 0.29) is 20.2 Å². The summed E-state index contributed by atoms with van der Waals surface area (Å²) < 4.78 is 33.7. The highest BCUT2D eigenvalue weighted by molar-refractivity contribution is 7.22. The molecule has 0 fully saturated rings. The van der Waals surface area contributed by atoms with Gasteiger partial charge in [0.15, 0.2) is 13.6 Å². The van der Waals surface area contributed by atoms with E-state index in [1.807, 2.05) is 30.3 Å². The lowest BCUT2D eigenvalue weighted by atomic mass is 10.1. The summed E-state index contributed by atoms with van der Waals surface area (Å²) in [6.45, 7) is 8.19. The number of hydrogen-bond donors (Lipinski definition) is 1. The van der Waals surface area contributed by atoms with Crippen LogP contribution in [0.15, 0.2) is 121 Å². The second kappa shape index (κ2) is 18.7. The lowest BCUT2D eigenvalue weighted by Gasteiger charge is -2.11. The van der Waals surface area contributed by atoms with Gasteiger partial charge in [-0.3, -0.25) is 5.43 Å². The van der Waals surface area contributed by atoms with Gasteiger partial charge in [0.05, 0.1) is 47.4 Å². The Balaban J connectivity index is 1.23. The molecule has 0 aliphatic heterocycles. The standard InChI is InChI=1S/C38H35N3O8S/c1-3-20-44-25-47-31-14-10-28(11-15-31)36(42)46-22-19-27-9-18-34(49-37(43)29-12-16-32(17-13-29)48-26-45-21-4-2)30(23-27)24-39-41-38-40-33-7-5-6-8-35(33)50-38/h3-18,23-24H,1-2,19-22,25-26H2,(H,40,41)/b39-24+. The van der Waals surface area contributed by atoms with E-state index in [1.165, 1.54) is 11.3 Å². The summed E-state index contributed by atoms with van der Waals surface area (Å²) >= 11 is 1.47. The van der Waals surface area contributed by atoms with E-state index < -0.39 is 11.9 Å². The number of para-hydroxylation sites is 1. The Morgan fingerprint density at radius 2 is 1.44 bits per heavy atom. The minimum Gasteiger partial charge on any atom is -0.468 e. The molecule has 5 rings (SSSR count). The first-order valence-corrected chi connectivity index (χ1v) is 16.3. The first kappa shape index (κ1) is 35.5. The van der Waals surface area contributed by atoms with Crippen molar-refractivity contribution in [3.8, 4) is 17.2 Å². The molecule has 4 aromatic carbocycles. The van der Waals surface area contributed by atoms with Crippen LogP contribution in [-0.4, -0.2) is 56.5 Å². The van der Waals surface area contributed by atoms with Gasteiger partial charge in [0.1, 0.15) is 17.2 Å². The third kappa shape index (κ3) is 10.6. The number of carbonyl (C=O) groups excluding carboxylic acids is 2. The van der Waals surface area contributed by atoms with Crippen molar-refractivity contribution < 1.29 is 38.0 Å². The van der Waals surface area contributed by atoms with Crippen LogP contribution in [0, 0.1) is 0 Å². The van der Waals surface area contributed by atoms with Gasteiger partial charge in [0.2, 0.25) is 5.13 Å². The molecule has 1 aromatic heterocycles. The molecule has 0 aliphatic rings. The van der Waals surface area contributed by atoms with Gasteiger partial charge < -0.3 is 28.4 Å². The number of nitrogens with zero attached hydrogens (tertiary/aromatic N) is 2. The van der Waals surface area contributed by atoms with Crippen molar-refractivity contribution in [3.05, 3.63) is 139 Å². The maximum absolute atomic E-state index is 13.1. The zero-order chi connectivity index (χ0) is 35.0. The Kier molecular flexibility index (Phi) is 13.2. The Morgan fingerprint density at radius 3 is 2.08 bits per heavy atom. The molecule has 0 amide bonds. The van der Waals surface area contributed by atoms with E-state index in [1.54, 1.807) is 79.0 Å². The van der Waals surface area contributed by atoms with Gasteiger partial charge in [-0.05, 0) is 78.4 Å². The maximum atomic E-state index is 13.1. The van der Waals surface area contributed by atoms with Crippen molar-refractivity contribution in [2.24, 2.45) is 5.10 Å². The van der Waals surface area contributed by atoms with Crippen LogP contribution in [0.1, 0.15) is 31.8 Å². The highest BCUT2D eigenvalue weighted by Gasteiger charge is 2.14. The third-order valence-corrected chi connectivity index (χ3v) is 7.77. The Hall–Kier alpha value is -5.82. The molecular weight excluding hydrogens is 658 g/mol. The molecule has 0 unspecified atom stereocenters. The summed E-state index contributed by atoms with van der Waals surface area (Å²) in [6, 6.07) is 26.2. The number of fused-ring (bicyclic) bond motifs is 1. The topological polar surface area (TPSA) is 127 Å². The summed E-state index contributed by atoms with van der Waals surface area (Å²) in [5, 5.41) is 4.98. The fourth-order valence-corrected chi connectivity index (χ4v) is 5.20. The molecule has 12 heteroatoms. The Morgan fingerprint density at radius 1 is 0.800 bits per heavy atom. The molecule has 0 atom stereocenters. The Bertz CT molecular complexity index is 1890. The van der Waals surface area contributed by atoms with Crippen LogP contribution < -0.4 is 19.6 Å². The van der Waals surface area contributed by atoms with Crippen molar-refractivity contribution in [2.45, 2.75) is 6.42 Å². The number of aromatic nitrogens is 1. The quantitative estimate of drug-likeness (QED) is 0.0177. The lowest BCUT2D eigenvalue weighted by molar-refractivity contribution is 0.0305. The third-order valence-electron chi connectivity index (χ3n) is 6.83. The first-order chi connectivity index (χ1) is 24.5. The Labute approximate surface area is 293 Å². The number of rotatable bonds is 19. The summed E-state index contributed by atoms with van der Waals surface area (Å²) in [6.07, 6.45) is 5.22. The van der Waals surface area contributed by atoms with Gasteiger partial charge in [-0.2, -0.15) is 5.10 Å². The van der Waals surface area contributed by atoms with E-state index in [9.17, 15) is 9.59 Å². The van der Waals surface area contributed by atoms with E-state index >= 15 is 0 Å². The number of esters is 2. The average molecular weight is 694 g/mol. The van der Waals surface area contributed by atoms with E-state index in [4.69, 9.17) is 28.4 Å². The van der Waals surface area contributed by atoms with Crippen LogP contribution in [-0.2, 0) is 20.6 Å². The largest absolute Gasteiger partial charge is 0.468 e. The molecule has 0 aliphatic carbocycles. The number of thiazole rings is 1. The van der Waals surface area contributed by atoms with E-state index in [2.05, 4.69) is 28.7 Å². The highest BCUT2D eigenvalue weighted by Crippen LogP contribution is 2.26. The van der Waals surface area contributed by atoms with Crippen LogP contribution in [0.5, 0.6) is 17.2 Å². The molecule has 0 saturated carbocycles. The number of benzene rings is 4. The number of hydrazone groups is 1. The van der Waals surface area contributed by atoms with Gasteiger partial charge in [-0.15, -0.1) is 13.2 Å². The molecule has 1 heterocycles. The molecule has 0 saturated heterocycles. The van der Waals surface area contributed by atoms with Crippen LogP contribution in [0.3, 0.4) is 0 Å². The van der Waals surface area contributed by atoms with Crippen molar-refractivity contribution in [2.75, 3.05) is 38.8 Å². The van der Waals surface area contributed by atoms with Gasteiger partial charge in [0, 0.05) is 12.0 Å². The normalized spacial score (nSPS) is 10.9. The number of nitrogens with one attached hydrogen (secondary N) is 1. The van der Waals surface area contributed by atoms with Gasteiger partial charge in [0.25, 0.3) is 0 Å². The maximum Gasteiger partial charge on any atom is 0.343 e. The molecule has 50 heavy (non-hydrogen) atoms. The number of ether oxygens (including phenoxy) is 6. The monoisotopic (exact) mass is 693 g/mol. The van der Waals surface area contributed by atoms with Gasteiger partial charge in [-0.25, -0.2) is 14.6 Å². The first-order valence-electron chi connectivity index (χ1n) is 15.5. The summed E-state index contributed by atoms with van der Waals surface area (Å²) in [5.74, 6) is 0.374. The molecule has 0 radical (unpaired) electrons. The van der Waals surface area contributed by atoms with E-state index in [0.717, 1.165) is 15.8 Å². The lowest BCUT2D eigenvalue weighted by Crippen LogP contribution is -2.11.